The summed E-state index contributed by atoms with van der Waals surface area (Å²) in [5.41, 5.74) is 31.3. The SMILES string of the molecule is CCOc1cc(OC)c(Cl)cc1N.CCOc1cc(OC)c(N)cc1Cl.COc1c(N)cc(Br)c(OC)c1Br.COc1c(N)cc(I)c(OC)c1I.COc1cc(OC)c(I)cc1N. The summed E-state index contributed by atoms with van der Waals surface area (Å²) in [5, 5.41) is 0.989. The van der Waals surface area contributed by atoms with E-state index in [2.05, 4.69) is 99.6 Å². The summed E-state index contributed by atoms with van der Waals surface area (Å²) in [6, 6.07) is 13.8. The summed E-state index contributed by atoms with van der Waals surface area (Å²) in [5.74, 6) is 6.51. The Morgan fingerprint density at radius 3 is 1.28 bits per heavy atom. The first-order valence-electron chi connectivity index (χ1n) is 18.2. The van der Waals surface area contributed by atoms with Gasteiger partial charge in [0.05, 0.1) is 120 Å². The van der Waals surface area contributed by atoms with Crippen LogP contribution >= 0.6 is 123 Å². The molecule has 0 unspecified atom stereocenters. The van der Waals surface area contributed by atoms with Crippen LogP contribution in [0.3, 0.4) is 0 Å². The summed E-state index contributed by atoms with van der Waals surface area (Å²) in [6.45, 7) is 4.90. The van der Waals surface area contributed by atoms with Gasteiger partial charge in [0.25, 0.3) is 0 Å². The van der Waals surface area contributed by atoms with Gasteiger partial charge in [-0.3, -0.25) is 0 Å². The van der Waals surface area contributed by atoms with Crippen LogP contribution in [0.15, 0.2) is 57.5 Å². The van der Waals surface area contributed by atoms with Crippen molar-refractivity contribution < 1.29 is 47.4 Å². The van der Waals surface area contributed by atoms with E-state index in [0.717, 1.165) is 26.7 Å². The third-order valence-electron chi connectivity index (χ3n) is 7.81. The lowest BCUT2D eigenvalue weighted by molar-refractivity contribution is 0.336. The summed E-state index contributed by atoms with van der Waals surface area (Å²) >= 11 is 24.9. The molecule has 0 aliphatic carbocycles. The Morgan fingerprint density at radius 1 is 0.422 bits per heavy atom. The molecule has 0 radical (unpaired) electrons. The number of ether oxygens (including phenoxy) is 10. The van der Waals surface area contributed by atoms with E-state index in [1.165, 1.54) is 0 Å². The number of hydrogen-bond acceptors (Lipinski definition) is 15. The Morgan fingerprint density at radius 2 is 0.812 bits per heavy atom. The summed E-state index contributed by atoms with van der Waals surface area (Å²) in [6.07, 6.45) is 0. The molecule has 22 heteroatoms. The normalized spacial score (nSPS) is 9.77. The molecule has 0 heterocycles. The first-order valence-corrected chi connectivity index (χ1v) is 23.8. The van der Waals surface area contributed by atoms with E-state index in [1.807, 2.05) is 26.0 Å². The monoisotopic (exact) mass is 1390 g/mol. The zero-order chi connectivity index (χ0) is 48.8. The van der Waals surface area contributed by atoms with Crippen molar-refractivity contribution in [3.63, 3.8) is 0 Å². The molecule has 64 heavy (non-hydrogen) atoms. The van der Waals surface area contributed by atoms with E-state index >= 15 is 0 Å². The lowest BCUT2D eigenvalue weighted by Crippen LogP contribution is -1.99. The van der Waals surface area contributed by atoms with Crippen molar-refractivity contribution in [1.82, 2.24) is 0 Å². The van der Waals surface area contributed by atoms with E-state index in [9.17, 15) is 0 Å². The molecule has 5 rings (SSSR count). The van der Waals surface area contributed by atoms with Crippen LogP contribution in [0.25, 0.3) is 0 Å². The molecule has 0 bridgehead atoms. The Labute approximate surface area is 442 Å². The van der Waals surface area contributed by atoms with Gasteiger partial charge >= 0.3 is 0 Å². The first kappa shape index (κ1) is 58.8. The number of nitrogens with two attached hydrogens (primary N) is 5. The third kappa shape index (κ3) is 17.2. The molecular formula is C42H52Br2Cl2I3N5O10. The van der Waals surface area contributed by atoms with Crippen LogP contribution in [0.1, 0.15) is 13.8 Å². The number of hydrogen-bond donors (Lipinski definition) is 5. The van der Waals surface area contributed by atoms with E-state index < -0.39 is 0 Å². The molecule has 0 aromatic heterocycles. The van der Waals surface area contributed by atoms with Crippen LogP contribution in [0.4, 0.5) is 28.4 Å². The predicted molar refractivity (Wildman–Crippen MR) is 293 cm³/mol. The van der Waals surface area contributed by atoms with Crippen molar-refractivity contribution in [2.24, 2.45) is 0 Å². The zero-order valence-electron chi connectivity index (χ0n) is 36.6. The summed E-state index contributed by atoms with van der Waals surface area (Å²) < 4.78 is 55.7. The van der Waals surface area contributed by atoms with Crippen LogP contribution in [0.2, 0.25) is 10.0 Å². The van der Waals surface area contributed by atoms with Crippen molar-refractivity contribution in [3.05, 3.63) is 78.2 Å². The Bertz CT molecular complexity index is 2080. The van der Waals surface area contributed by atoms with Crippen LogP contribution < -0.4 is 76.0 Å². The average molecular weight is 1400 g/mol. The van der Waals surface area contributed by atoms with Crippen LogP contribution in [0.5, 0.6) is 57.5 Å². The third-order valence-corrected chi connectivity index (χ3v) is 12.3. The van der Waals surface area contributed by atoms with Crippen molar-refractivity contribution in [2.45, 2.75) is 13.8 Å². The minimum absolute atomic E-state index is 0.489. The summed E-state index contributed by atoms with van der Waals surface area (Å²) in [4.78, 5) is 0. The molecule has 5 aromatic rings. The Kier molecular flexibility index (Phi) is 27.8. The average Bonchev–Trinajstić information content (AvgIpc) is 3.24. The van der Waals surface area contributed by atoms with E-state index in [0.29, 0.717) is 102 Å². The van der Waals surface area contributed by atoms with Gasteiger partial charge < -0.3 is 76.0 Å². The van der Waals surface area contributed by atoms with E-state index in [4.69, 9.17) is 99.2 Å². The van der Waals surface area contributed by atoms with Crippen molar-refractivity contribution >= 4 is 151 Å². The maximum atomic E-state index is 5.88. The van der Waals surface area contributed by atoms with E-state index in [-0.39, 0.29) is 0 Å². The molecule has 354 valence electrons. The van der Waals surface area contributed by atoms with Crippen LogP contribution in [-0.2, 0) is 0 Å². The van der Waals surface area contributed by atoms with Gasteiger partial charge in [-0.2, -0.15) is 0 Å². The van der Waals surface area contributed by atoms with Crippen molar-refractivity contribution in [1.29, 1.82) is 0 Å². The Balaban J connectivity index is 0.000000400. The molecule has 0 amide bonds. The molecule has 5 aromatic carbocycles. The molecule has 0 atom stereocenters. The molecule has 15 nitrogen and oxygen atoms in total. The molecule has 0 saturated carbocycles. The lowest BCUT2D eigenvalue weighted by Gasteiger charge is -2.12. The van der Waals surface area contributed by atoms with E-state index in [1.54, 1.807) is 93.3 Å². The highest BCUT2D eigenvalue weighted by atomic mass is 127. The van der Waals surface area contributed by atoms with Crippen molar-refractivity contribution in [3.8, 4) is 57.5 Å². The van der Waals surface area contributed by atoms with Gasteiger partial charge in [0.15, 0.2) is 17.2 Å². The molecule has 0 aliphatic heterocycles. The fraction of sp³-hybridized carbons (Fsp3) is 0.286. The standard InChI is InChI=1S/2C9H12ClNO2.C8H9Br2NO2.C8H9I2NO2.C8H10INO2/c1-3-13-8-5-9(12-2)7(11)4-6(8)10;1-3-13-9-5-8(12-2)6(10)4-7(9)11;2*1-12-7-4(9)3-5(11)8(13-2)6(7)10;1-11-7-4-8(12-2)6(10)3-5(7)9/h2*4-5H,3,11H2,1-2H3;2*3H,11H2,1-2H3;3-4H,10H2,1-2H3. The number of benzene rings is 5. The summed E-state index contributed by atoms with van der Waals surface area (Å²) in [7, 11) is 12.7. The molecule has 0 aliphatic rings. The van der Waals surface area contributed by atoms with Gasteiger partial charge in [0.2, 0.25) is 0 Å². The molecule has 0 spiro atoms. The molecule has 0 saturated heterocycles. The maximum Gasteiger partial charge on any atom is 0.159 e. The fourth-order valence-corrected chi connectivity index (χ4v) is 10.1. The van der Waals surface area contributed by atoms with Gasteiger partial charge in [-0.1, -0.05) is 23.2 Å². The second kappa shape index (κ2) is 30.2. The number of rotatable bonds is 12. The smallest absolute Gasteiger partial charge is 0.159 e. The number of anilines is 5. The highest BCUT2D eigenvalue weighted by Crippen LogP contribution is 2.44. The van der Waals surface area contributed by atoms with Crippen LogP contribution in [0, 0.1) is 10.7 Å². The van der Waals surface area contributed by atoms with Gasteiger partial charge in [-0.25, -0.2) is 0 Å². The quantitative estimate of drug-likeness (QED) is 0.0579. The number of halogens is 7. The van der Waals surface area contributed by atoms with Crippen molar-refractivity contribution in [2.75, 3.05) is 98.8 Å². The van der Waals surface area contributed by atoms with Gasteiger partial charge in [0.1, 0.15) is 48.3 Å². The minimum atomic E-state index is 0.489. The van der Waals surface area contributed by atoms with Gasteiger partial charge in [0, 0.05) is 18.2 Å². The second-order valence-corrected chi connectivity index (χ2v) is 17.7. The predicted octanol–water partition coefficient (Wildman–Crippen LogP) is 11.9. The lowest BCUT2D eigenvalue weighted by atomic mass is 10.3. The van der Waals surface area contributed by atoms with Gasteiger partial charge in [-0.15, -0.1) is 0 Å². The zero-order valence-corrected chi connectivity index (χ0v) is 47.8. The van der Waals surface area contributed by atoms with Gasteiger partial charge in [-0.05, 0) is 144 Å². The largest absolute Gasteiger partial charge is 0.496 e. The fourth-order valence-electron chi connectivity index (χ4n) is 4.86. The topological polar surface area (TPSA) is 222 Å². The minimum Gasteiger partial charge on any atom is -0.496 e. The number of nitrogen functional groups attached to an aromatic ring is 5. The second-order valence-electron chi connectivity index (χ2n) is 11.8. The first-order chi connectivity index (χ1) is 30.3. The Hall–Kier alpha value is -3.17. The maximum absolute atomic E-state index is 5.88. The number of methoxy groups -OCH3 is 8. The molecule has 10 N–H and O–H groups in total. The molecular weight excluding hydrogens is 1350 g/mol. The van der Waals surface area contributed by atoms with Crippen LogP contribution in [-0.4, -0.2) is 70.1 Å². The highest BCUT2D eigenvalue weighted by molar-refractivity contribution is 14.1. The molecule has 0 fully saturated rings. The highest BCUT2D eigenvalue weighted by Gasteiger charge is 2.16.